The van der Waals surface area contributed by atoms with Crippen molar-refractivity contribution in [2.45, 2.75) is 12.3 Å². The van der Waals surface area contributed by atoms with Gasteiger partial charge in [-0.05, 0) is 196 Å². The lowest BCUT2D eigenvalue weighted by Gasteiger charge is -2.23. The zero-order valence-corrected chi connectivity index (χ0v) is 61.0. The standard InChI is InChI=1S/C102H62N8O4/c1-5-21-59(22-6-1)97-103-99(107-101(105-97)65-40-46-71-70-29-15-18-37-86(70)113-92(71)57-65)63-43-49-88-80(52-63)79-51-62(42-48-87(79)111-88)78-54-67(55-85-95(78)77-31-14-17-35-83(77)110(85)69-27-11-4-12-28-69)61-39-45-72-73-47-41-66(58-93(73)114-91(72)56-61)102-106-98(60-23-7-2-8-24-60)104-100(108-102)64-44-50-89-81(53-64)96-75(33-20-38-90(96)112-89)74-32-19-36-84-94(74)76-30-13-16-34-82(76)109(84)68-25-9-3-10-26-68/h1-58,97-98H,(H,103,105,107)(H,104,106,108). The molecule has 16 aromatic carbocycles. The van der Waals surface area contributed by atoms with Gasteiger partial charge < -0.3 is 37.4 Å². The molecule has 114 heavy (non-hydrogen) atoms. The number of para-hydroxylation sites is 5. The number of fused-ring (bicyclic) bond motifs is 18. The maximum absolute atomic E-state index is 7.06. The van der Waals surface area contributed by atoms with Gasteiger partial charge in [0.25, 0.3) is 0 Å². The van der Waals surface area contributed by atoms with Crippen molar-refractivity contribution in [1.82, 2.24) is 19.8 Å². The van der Waals surface area contributed by atoms with Crippen LogP contribution in [0.15, 0.2) is 389 Å². The van der Waals surface area contributed by atoms with Gasteiger partial charge in [0.05, 0.1) is 22.1 Å². The first-order valence-corrected chi connectivity index (χ1v) is 38.4. The topological polar surface area (TPSA) is 136 Å². The molecular weight excluding hydrogens is 1400 g/mol. The molecule has 12 heteroatoms. The van der Waals surface area contributed by atoms with E-state index in [9.17, 15) is 0 Å². The Balaban J connectivity index is 0.610. The first-order valence-electron chi connectivity index (χ1n) is 38.4. The summed E-state index contributed by atoms with van der Waals surface area (Å²) in [5, 5.41) is 20.2. The molecule has 8 heterocycles. The van der Waals surface area contributed by atoms with Crippen molar-refractivity contribution < 1.29 is 17.7 Å². The van der Waals surface area contributed by atoms with Crippen LogP contribution in [0.25, 0.3) is 176 Å². The van der Waals surface area contributed by atoms with Crippen LogP contribution in [-0.4, -0.2) is 32.5 Å². The van der Waals surface area contributed by atoms with E-state index in [0.717, 1.165) is 199 Å². The largest absolute Gasteiger partial charge is 0.456 e. The van der Waals surface area contributed by atoms with Gasteiger partial charge in [-0.15, -0.1) is 0 Å². The summed E-state index contributed by atoms with van der Waals surface area (Å²) in [6, 6.07) is 124. The molecule has 0 spiro atoms. The predicted octanol–water partition coefficient (Wildman–Crippen LogP) is 25.5. The van der Waals surface area contributed by atoms with E-state index in [1.54, 1.807) is 0 Å². The van der Waals surface area contributed by atoms with E-state index in [4.69, 9.17) is 37.6 Å². The van der Waals surface area contributed by atoms with E-state index in [1.165, 1.54) is 10.8 Å². The molecule has 0 bridgehead atoms. The summed E-state index contributed by atoms with van der Waals surface area (Å²) >= 11 is 0. The molecule has 2 aliphatic heterocycles. The highest BCUT2D eigenvalue weighted by atomic mass is 16.3. The summed E-state index contributed by atoms with van der Waals surface area (Å²) in [7, 11) is 0. The third-order valence-electron chi connectivity index (χ3n) is 23.0. The van der Waals surface area contributed by atoms with E-state index in [0.29, 0.717) is 23.3 Å². The summed E-state index contributed by atoms with van der Waals surface area (Å²) in [6.45, 7) is 0. The van der Waals surface area contributed by atoms with Crippen molar-refractivity contribution in [3.8, 4) is 44.8 Å². The summed E-state index contributed by atoms with van der Waals surface area (Å²) in [5.41, 5.74) is 24.9. The molecule has 24 rings (SSSR count). The fourth-order valence-corrected chi connectivity index (χ4v) is 17.8. The molecule has 6 aromatic heterocycles. The third kappa shape index (κ3) is 10.1. The zero-order chi connectivity index (χ0) is 74.6. The van der Waals surface area contributed by atoms with Gasteiger partial charge >= 0.3 is 0 Å². The van der Waals surface area contributed by atoms with Crippen LogP contribution in [0.5, 0.6) is 0 Å². The lowest BCUT2D eigenvalue weighted by Crippen LogP contribution is -2.33. The molecule has 0 saturated heterocycles. The van der Waals surface area contributed by atoms with Crippen LogP contribution in [0, 0.1) is 0 Å². The molecule has 2 atom stereocenters. The molecule has 0 saturated carbocycles. The number of rotatable bonds is 11. The van der Waals surface area contributed by atoms with Gasteiger partial charge in [0.1, 0.15) is 68.7 Å². The Labute approximate surface area is 650 Å². The predicted molar refractivity (Wildman–Crippen MR) is 464 cm³/mol. The molecule has 2 unspecified atom stereocenters. The fraction of sp³-hybridized carbons (Fsp3) is 0.0196. The highest BCUT2D eigenvalue weighted by Gasteiger charge is 2.28. The minimum atomic E-state index is -0.442. The fourth-order valence-electron chi connectivity index (χ4n) is 17.8. The second-order valence-corrected chi connectivity index (χ2v) is 29.6. The Hall–Kier alpha value is -15.4. The molecule has 0 radical (unpaired) electrons. The van der Waals surface area contributed by atoms with Crippen LogP contribution in [-0.2, 0) is 0 Å². The number of aromatic nitrogens is 2. The van der Waals surface area contributed by atoms with Crippen molar-refractivity contribution in [1.29, 1.82) is 0 Å². The highest BCUT2D eigenvalue weighted by Crippen LogP contribution is 2.47. The van der Waals surface area contributed by atoms with Gasteiger partial charge in [-0.2, -0.15) is 0 Å². The van der Waals surface area contributed by atoms with Crippen LogP contribution < -0.4 is 10.6 Å². The second kappa shape index (κ2) is 25.1. The quantitative estimate of drug-likeness (QED) is 0.132. The van der Waals surface area contributed by atoms with E-state index < -0.39 is 12.3 Å². The molecule has 534 valence electrons. The number of nitrogens with one attached hydrogen (secondary N) is 2. The van der Waals surface area contributed by atoms with Crippen molar-refractivity contribution in [3.05, 3.63) is 385 Å². The van der Waals surface area contributed by atoms with Gasteiger partial charge in [-0.1, -0.05) is 200 Å². The normalized spacial score (nSPS) is 14.7. The monoisotopic (exact) mass is 1460 g/mol. The Kier molecular flexibility index (Phi) is 14.0. The van der Waals surface area contributed by atoms with Crippen LogP contribution in [0.2, 0.25) is 0 Å². The summed E-state index contributed by atoms with van der Waals surface area (Å²) in [6.07, 6.45) is -0.844. The minimum Gasteiger partial charge on any atom is -0.456 e. The summed E-state index contributed by atoms with van der Waals surface area (Å²) in [4.78, 5) is 21.3. The van der Waals surface area contributed by atoms with Gasteiger partial charge in [0, 0.05) is 98.3 Å². The number of amidine groups is 4. The summed E-state index contributed by atoms with van der Waals surface area (Å²) < 4.78 is 31.7. The number of furan rings is 4. The maximum atomic E-state index is 7.06. The first kappa shape index (κ1) is 63.5. The number of aliphatic imine (C=N–C) groups is 4. The Morgan fingerprint density at radius 1 is 0.228 bits per heavy atom. The van der Waals surface area contributed by atoms with E-state index in [-0.39, 0.29) is 0 Å². The molecule has 22 aromatic rings. The van der Waals surface area contributed by atoms with Gasteiger partial charge in [0.2, 0.25) is 0 Å². The zero-order valence-electron chi connectivity index (χ0n) is 61.0. The average Bonchev–Trinajstić information content (AvgIpc) is 1.57. The average molecular weight is 1460 g/mol. The molecule has 12 nitrogen and oxygen atoms in total. The van der Waals surface area contributed by atoms with Gasteiger partial charge in [0.15, 0.2) is 11.7 Å². The molecule has 0 aliphatic carbocycles. The molecular formula is C102H62N8O4. The van der Waals surface area contributed by atoms with E-state index in [1.807, 2.05) is 42.5 Å². The maximum Gasteiger partial charge on any atom is 0.159 e. The molecule has 0 amide bonds. The minimum absolute atomic E-state index is 0.401. The van der Waals surface area contributed by atoms with Gasteiger partial charge in [-0.25, -0.2) is 20.0 Å². The van der Waals surface area contributed by atoms with Crippen molar-refractivity contribution in [2.75, 3.05) is 0 Å². The number of hydrogen-bond acceptors (Lipinski definition) is 10. The molecule has 0 fully saturated rings. The van der Waals surface area contributed by atoms with Crippen LogP contribution in [0.3, 0.4) is 0 Å². The lowest BCUT2D eigenvalue weighted by atomic mass is 9.93. The summed E-state index contributed by atoms with van der Waals surface area (Å²) in [5.74, 6) is 2.59. The first-order chi connectivity index (χ1) is 56.4. The van der Waals surface area contributed by atoms with E-state index >= 15 is 0 Å². The molecule has 2 aliphatic rings. The van der Waals surface area contributed by atoms with Gasteiger partial charge in [-0.3, -0.25) is 0 Å². The van der Waals surface area contributed by atoms with Crippen LogP contribution >= 0.6 is 0 Å². The second-order valence-electron chi connectivity index (χ2n) is 29.6. The number of hydrogen-bond donors (Lipinski definition) is 2. The van der Waals surface area contributed by atoms with Crippen molar-refractivity contribution in [3.63, 3.8) is 0 Å². The lowest BCUT2D eigenvalue weighted by molar-refractivity contribution is 0.667. The highest BCUT2D eigenvalue weighted by molar-refractivity contribution is 6.24. The van der Waals surface area contributed by atoms with Crippen LogP contribution in [0.1, 0.15) is 45.7 Å². The Morgan fingerprint density at radius 3 is 1.22 bits per heavy atom. The third-order valence-corrected chi connectivity index (χ3v) is 23.0. The smallest absolute Gasteiger partial charge is 0.159 e. The SMILES string of the molecule is c1ccc(C2N=C(c3ccc4c(c3)oc3ccccc34)N=C(c3ccc4oc5ccc(-c6cc(-c7ccc8c(c7)oc7cc(C9=NC(c%10ccccc%10)NC(c%10ccc%11oc%12cccc(-c%13cccc%14c%13c%13ccccc%13n%14-c%13ccccc%13)c%12c%11c%10)=N9)ccc78)cc7c6c6ccccc6n7-c6ccccc6)cc5c4c3)N2)cc1. The Bertz CT molecular complexity index is 7930. The van der Waals surface area contributed by atoms with Crippen molar-refractivity contribution >= 4 is 155 Å². The van der Waals surface area contributed by atoms with Crippen molar-refractivity contribution in [2.24, 2.45) is 20.0 Å². The van der Waals surface area contributed by atoms with E-state index in [2.05, 4.69) is 329 Å². The number of nitrogens with zero attached hydrogens (tertiary/aromatic N) is 6. The number of benzene rings is 16. The Morgan fingerprint density at radius 2 is 0.623 bits per heavy atom. The molecule has 2 N–H and O–H groups in total. The van der Waals surface area contributed by atoms with Crippen LogP contribution in [0.4, 0.5) is 0 Å².